The molecule has 2 aliphatic rings. The van der Waals surface area contributed by atoms with Crippen molar-refractivity contribution >= 4 is 35.0 Å². The number of ether oxygens (including phenoxy) is 2. The maximum atomic E-state index is 12.1. The van der Waals surface area contributed by atoms with Crippen LogP contribution in [-0.4, -0.2) is 36.7 Å². The van der Waals surface area contributed by atoms with Crippen LogP contribution in [0, 0.1) is 5.41 Å². The fraction of sp³-hybridized carbons (Fsp3) is 0.636. The molecule has 2 amide bonds. The van der Waals surface area contributed by atoms with Crippen molar-refractivity contribution in [3.63, 3.8) is 0 Å². The van der Waals surface area contributed by atoms with Gasteiger partial charge in [0, 0.05) is 25.3 Å². The number of hydrogen-bond acceptors (Lipinski definition) is 4. The second-order valence-corrected chi connectivity index (χ2v) is 5.39. The van der Waals surface area contributed by atoms with Gasteiger partial charge in [-0.15, -0.1) is 11.6 Å². The lowest BCUT2D eigenvalue weighted by molar-refractivity contribution is -0.199. The topological polar surface area (TPSA) is 64.6 Å². The Kier molecular flexibility index (Phi) is 3.02. The van der Waals surface area contributed by atoms with Crippen molar-refractivity contribution in [3.05, 3.63) is 11.1 Å². The zero-order valence-electron chi connectivity index (χ0n) is 10.2. The quantitative estimate of drug-likeness (QED) is 0.471. The summed E-state index contributed by atoms with van der Waals surface area (Å²) in [6.45, 7) is 1.60. The van der Waals surface area contributed by atoms with Gasteiger partial charge in [0.25, 0.3) is 5.91 Å². The predicted octanol–water partition coefficient (Wildman–Crippen LogP) is 1.14. The van der Waals surface area contributed by atoms with Crippen molar-refractivity contribution in [2.24, 2.45) is 5.41 Å². The van der Waals surface area contributed by atoms with E-state index < -0.39 is 27.9 Å². The lowest BCUT2D eigenvalue weighted by Crippen LogP contribution is -2.59. The van der Waals surface area contributed by atoms with E-state index >= 15 is 0 Å². The SMILES string of the molecule is COC1(OC)C(=CCl)CC2(C)C(=O)NC(=O)C21Cl. The molecule has 0 aromatic carbocycles. The maximum absolute atomic E-state index is 12.1. The molecule has 18 heavy (non-hydrogen) atoms. The van der Waals surface area contributed by atoms with Gasteiger partial charge < -0.3 is 9.47 Å². The lowest BCUT2D eigenvalue weighted by atomic mass is 9.79. The molecule has 1 N–H and O–H groups in total. The summed E-state index contributed by atoms with van der Waals surface area (Å²) < 4.78 is 10.7. The number of fused-ring (bicyclic) bond motifs is 1. The van der Waals surface area contributed by atoms with E-state index in [1.807, 2.05) is 0 Å². The summed E-state index contributed by atoms with van der Waals surface area (Å²) in [7, 11) is 2.71. The molecule has 1 aliphatic heterocycles. The van der Waals surface area contributed by atoms with E-state index in [0.29, 0.717) is 5.57 Å². The van der Waals surface area contributed by atoms with Crippen LogP contribution < -0.4 is 5.32 Å². The first-order valence-electron chi connectivity index (χ1n) is 5.29. The number of halogens is 2. The Hall–Kier alpha value is -0.620. The van der Waals surface area contributed by atoms with Gasteiger partial charge in [0.1, 0.15) is 0 Å². The van der Waals surface area contributed by atoms with Gasteiger partial charge in [-0.25, -0.2) is 0 Å². The molecule has 2 unspecified atom stereocenters. The molecule has 1 aliphatic carbocycles. The van der Waals surface area contributed by atoms with Gasteiger partial charge in [0.15, 0.2) is 4.87 Å². The third-order valence-electron chi connectivity index (χ3n) is 3.93. The Bertz CT molecular complexity index is 460. The lowest BCUT2D eigenvalue weighted by Gasteiger charge is -2.39. The Labute approximate surface area is 114 Å². The van der Waals surface area contributed by atoms with Crippen LogP contribution in [-0.2, 0) is 19.1 Å². The Morgan fingerprint density at radius 2 is 1.83 bits per heavy atom. The molecule has 0 radical (unpaired) electrons. The van der Waals surface area contributed by atoms with Crippen LogP contribution in [0.4, 0.5) is 0 Å². The number of methoxy groups -OCH3 is 2. The van der Waals surface area contributed by atoms with Crippen molar-refractivity contribution in [3.8, 4) is 0 Å². The van der Waals surface area contributed by atoms with E-state index in [1.165, 1.54) is 19.8 Å². The number of carbonyl (C=O) groups is 2. The molecular weight excluding hydrogens is 281 g/mol. The third kappa shape index (κ3) is 1.16. The summed E-state index contributed by atoms with van der Waals surface area (Å²) in [5.41, 5.74) is 0.564. The van der Waals surface area contributed by atoms with Crippen LogP contribution in [0.15, 0.2) is 11.1 Å². The Morgan fingerprint density at radius 3 is 2.28 bits per heavy atom. The first-order valence-corrected chi connectivity index (χ1v) is 6.10. The minimum Gasteiger partial charge on any atom is -0.348 e. The Balaban J connectivity index is 2.74. The highest BCUT2D eigenvalue weighted by molar-refractivity contribution is 6.43. The van der Waals surface area contributed by atoms with Gasteiger partial charge >= 0.3 is 0 Å². The van der Waals surface area contributed by atoms with Gasteiger partial charge in [0.2, 0.25) is 11.7 Å². The molecule has 0 aromatic rings. The second kappa shape index (κ2) is 3.93. The zero-order chi connectivity index (χ0) is 13.8. The highest BCUT2D eigenvalue weighted by Crippen LogP contribution is 2.62. The average molecular weight is 294 g/mol. The average Bonchev–Trinajstić information content (AvgIpc) is 2.66. The van der Waals surface area contributed by atoms with Gasteiger partial charge in [-0.2, -0.15) is 0 Å². The first-order chi connectivity index (χ1) is 8.34. The number of nitrogens with one attached hydrogen (secondary N) is 1. The molecule has 7 heteroatoms. The molecule has 1 heterocycles. The molecule has 100 valence electrons. The van der Waals surface area contributed by atoms with Gasteiger partial charge in [-0.05, 0) is 13.3 Å². The first kappa shape index (κ1) is 13.8. The summed E-state index contributed by atoms with van der Waals surface area (Å²) in [6.07, 6.45) is 0.194. The van der Waals surface area contributed by atoms with Crippen LogP contribution in [0.5, 0.6) is 0 Å². The molecular formula is C11H13Cl2NO4. The van der Waals surface area contributed by atoms with Gasteiger partial charge in [-0.3, -0.25) is 14.9 Å². The van der Waals surface area contributed by atoms with Crippen molar-refractivity contribution in [2.75, 3.05) is 14.2 Å². The van der Waals surface area contributed by atoms with Crippen LogP contribution in [0.1, 0.15) is 13.3 Å². The van der Waals surface area contributed by atoms with E-state index in [2.05, 4.69) is 5.32 Å². The molecule has 1 saturated carbocycles. The molecule has 2 rings (SSSR count). The van der Waals surface area contributed by atoms with Crippen LogP contribution in [0.25, 0.3) is 0 Å². The largest absolute Gasteiger partial charge is 0.348 e. The summed E-state index contributed by atoms with van der Waals surface area (Å²) >= 11 is 12.2. The second-order valence-electron chi connectivity index (χ2n) is 4.61. The van der Waals surface area contributed by atoms with E-state index in [-0.39, 0.29) is 6.42 Å². The number of alkyl halides is 1. The summed E-state index contributed by atoms with van der Waals surface area (Å²) in [5, 5.41) is 2.23. The maximum Gasteiger partial charge on any atom is 0.254 e. The van der Waals surface area contributed by atoms with Crippen LogP contribution in [0.2, 0.25) is 0 Å². The molecule has 0 bridgehead atoms. The smallest absolute Gasteiger partial charge is 0.254 e. The minimum absolute atomic E-state index is 0.194. The molecule has 2 fully saturated rings. The van der Waals surface area contributed by atoms with Gasteiger partial charge in [0.05, 0.1) is 5.41 Å². The fourth-order valence-electron chi connectivity index (χ4n) is 2.90. The van der Waals surface area contributed by atoms with Crippen molar-refractivity contribution in [1.82, 2.24) is 5.32 Å². The Morgan fingerprint density at radius 1 is 1.28 bits per heavy atom. The molecule has 5 nitrogen and oxygen atoms in total. The number of hydrogen-bond donors (Lipinski definition) is 1. The van der Waals surface area contributed by atoms with Crippen LogP contribution >= 0.6 is 23.2 Å². The highest BCUT2D eigenvalue weighted by Gasteiger charge is 2.79. The van der Waals surface area contributed by atoms with Crippen molar-refractivity contribution in [2.45, 2.75) is 24.0 Å². The van der Waals surface area contributed by atoms with Gasteiger partial charge in [-0.1, -0.05) is 11.6 Å². The fourth-order valence-corrected chi connectivity index (χ4v) is 3.60. The van der Waals surface area contributed by atoms with E-state index in [9.17, 15) is 9.59 Å². The number of carbonyl (C=O) groups excluding carboxylic acids is 2. The number of rotatable bonds is 2. The summed E-state index contributed by atoms with van der Waals surface area (Å²) in [5.74, 6) is -2.62. The monoisotopic (exact) mass is 293 g/mol. The normalized spacial score (nSPS) is 40.2. The number of amides is 2. The van der Waals surface area contributed by atoms with Crippen molar-refractivity contribution in [1.29, 1.82) is 0 Å². The molecule has 2 atom stereocenters. The van der Waals surface area contributed by atoms with E-state index in [4.69, 9.17) is 32.7 Å². The van der Waals surface area contributed by atoms with E-state index in [1.54, 1.807) is 6.92 Å². The number of imide groups is 1. The summed E-state index contributed by atoms with van der Waals surface area (Å²) in [6, 6.07) is 0. The van der Waals surface area contributed by atoms with E-state index in [0.717, 1.165) is 0 Å². The standard InChI is InChI=1S/C11H13Cl2NO4/c1-9-4-6(5-12)11(17-2,18-3)10(9,13)8(16)14-7(9)15/h5H,4H2,1-3H3,(H,14,15,16). The third-order valence-corrected chi connectivity index (χ3v) is 5.03. The van der Waals surface area contributed by atoms with Crippen molar-refractivity contribution < 1.29 is 19.1 Å². The highest BCUT2D eigenvalue weighted by atomic mass is 35.5. The molecule has 0 aromatic heterocycles. The predicted molar refractivity (Wildman–Crippen MR) is 65.1 cm³/mol. The molecule has 1 saturated heterocycles. The zero-order valence-corrected chi connectivity index (χ0v) is 11.7. The summed E-state index contributed by atoms with van der Waals surface area (Å²) in [4.78, 5) is 22.4. The minimum atomic E-state index is -1.67. The van der Waals surface area contributed by atoms with Crippen LogP contribution in [0.3, 0.4) is 0 Å². The molecule has 0 spiro atoms.